The van der Waals surface area contributed by atoms with Gasteiger partial charge in [0.25, 0.3) is 0 Å². The predicted molar refractivity (Wildman–Crippen MR) is 158 cm³/mol. The highest BCUT2D eigenvalue weighted by Gasteiger charge is 2.33. The van der Waals surface area contributed by atoms with E-state index in [0.717, 1.165) is 38.5 Å². The molecule has 0 saturated carbocycles. The number of benzene rings is 3. The highest BCUT2D eigenvalue weighted by atomic mass is 127. The fourth-order valence-corrected chi connectivity index (χ4v) is 7.40. The van der Waals surface area contributed by atoms with Crippen LogP contribution in [0.2, 0.25) is 0 Å². The summed E-state index contributed by atoms with van der Waals surface area (Å²) < 4.78 is 43.9. The molecule has 2 heterocycles. The fourth-order valence-electron chi connectivity index (χ4n) is 4.39. The monoisotopic (exact) mass is 692 g/mol. The number of aromatic nitrogens is 1. The van der Waals surface area contributed by atoms with Crippen LogP contribution in [0.25, 0.3) is 22.0 Å². The second kappa shape index (κ2) is 10.7. The lowest BCUT2D eigenvalue weighted by Gasteiger charge is -2.17. The number of alkyl halides is 3. The Labute approximate surface area is 239 Å². The lowest BCUT2D eigenvalue weighted by molar-refractivity contribution is -0.136. The van der Waals surface area contributed by atoms with Crippen molar-refractivity contribution in [2.24, 2.45) is 0 Å². The number of thiophene rings is 1. The molecule has 0 bridgehead atoms. The summed E-state index contributed by atoms with van der Waals surface area (Å²) in [6.45, 7) is 2.73. The molecule has 0 radical (unpaired) electrons. The zero-order chi connectivity index (χ0) is 26.2. The van der Waals surface area contributed by atoms with Crippen LogP contribution in [0, 0.1) is 9.81 Å². The third kappa shape index (κ3) is 5.56. The van der Waals surface area contributed by atoms with Gasteiger partial charge in [-0.1, -0.05) is 54.6 Å². The van der Waals surface area contributed by atoms with Crippen molar-refractivity contribution in [3.05, 3.63) is 113 Å². The lowest BCUT2D eigenvalue weighted by atomic mass is 9.91. The van der Waals surface area contributed by atoms with Gasteiger partial charge in [-0.2, -0.15) is 13.2 Å². The number of halogens is 5. The first-order valence-corrected chi connectivity index (χ1v) is 14.2. The minimum atomic E-state index is -4.49. The Balaban J connectivity index is 1.60. The van der Waals surface area contributed by atoms with Gasteiger partial charge in [0.1, 0.15) is 0 Å². The van der Waals surface area contributed by atoms with Crippen LogP contribution >= 0.6 is 49.9 Å². The van der Waals surface area contributed by atoms with Crippen LogP contribution in [0.4, 0.5) is 18.9 Å². The smallest absolute Gasteiger partial charge is 0.380 e. The molecule has 188 valence electrons. The quantitative estimate of drug-likeness (QED) is 0.179. The Morgan fingerprint density at radius 2 is 1.76 bits per heavy atom. The van der Waals surface area contributed by atoms with Gasteiger partial charge in [0, 0.05) is 26.6 Å². The molecule has 0 spiro atoms. The van der Waals surface area contributed by atoms with Crippen molar-refractivity contribution in [3.8, 4) is 11.1 Å². The lowest BCUT2D eigenvalue weighted by Crippen LogP contribution is -2.07. The van der Waals surface area contributed by atoms with Crippen molar-refractivity contribution in [2.45, 2.75) is 26.1 Å². The number of hydrogen-bond donors (Lipinski definition) is 1. The summed E-state index contributed by atoms with van der Waals surface area (Å²) in [5.74, 6) is 0. The zero-order valence-electron chi connectivity index (χ0n) is 19.7. The van der Waals surface area contributed by atoms with Crippen molar-refractivity contribution in [1.29, 1.82) is 0 Å². The summed E-state index contributed by atoms with van der Waals surface area (Å²) in [6, 6.07) is 22.0. The summed E-state index contributed by atoms with van der Waals surface area (Å²) in [5, 5.41) is 3.98. The van der Waals surface area contributed by atoms with Gasteiger partial charge in [-0.25, -0.2) is 0 Å². The molecule has 0 aliphatic heterocycles. The van der Waals surface area contributed by atoms with E-state index in [0.29, 0.717) is 18.4 Å². The first kappa shape index (κ1) is 26.2. The number of nitrogens with one attached hydrogen (secondary N) is 1. The standard InChI is InChI=1S/C29H21BrF3IN2S/c1-17-26(30)24(37-28(17)34)16-35-21-10-5-9-19(14-21)25-20(13-18-7-3-2-4-8-18)15-36-27-22(25)11-6-12-23(27)29(31,32)33/h2-12,14-15,35H,13,16H2,1H3. The van der Waals surface area contributed by atoms with E-state index in [1.807, 2.05) is 54.6 Å². The second-order valence-corrected chi connectivity index (χ2v) is 12.4. The summed E-state index contributed by atoms with van der Waals surface area (Å²) in [7, 11) is 0. The molecule has 5 aromatic rings. The minimum Gasteiger partial charge on any atom is -0.380 e. The Morgan fingerprint density at radius 3 is 2.46 bits per heavy atom. The van der Waals surface area contributed by atoms with Gasteiger partial charge in [-0.05, 0) is 97.9 Å². The fraction of sp³-hybridized carbons (Fsp3) is 0.138. The summed E-state index contributed by atoms with van der Waals surface area (Å²) in [5.41, 5.74) is 4.93. The molecule has 0 amide bonds. The molecule has 2 aromatic heterocycles. The molecular weight excluding hydrogens is 672 g/mol. The number of hydrogen-bond acceptors (Lipinski definition) is 3. The van der Waals surface area contributed by atoms with Crippen molar-refractivity contribution in [1.82, 2.24) is 4.98 Å². The van der Waals surface area contributed by atoms with Crippen molar-refractivity contribution in [3.63, 3.8) is 0 Å². The number of fused-ring (bicyclic) bond motifs is 1. The van der Waals surface area contributed by atoms with E-state index in [-0.39, 0.29) is 5.52 Å². The van der Waals surface area contributed by atoms with Gasteiger partial charge < -0.3 is 5.32 Å². The van der Waals surface area contributed by atoms with Crippen LogP contribution in [0.3, 0.4) is 0 Å². The molecule has 0 aliphatic rings. The number of pyridine rings is 1. The summed E-state index contributed by atoms with van der Waals surface area (Å²) in [4.78, 5) is 5.50. The molecule has 5 rings (SSSR count). The van der Waals surface area contributed by atoms with Crippen LogP contribution < -0.4 is 5.32 Å². The highest BCUT2D eigenvalue weighted by molar-refractivity contribution is 14.1. The van der Waals surface area contributed by atoms with Gasteiger partial charge in [-0.15, -0.1) is 11.3 Å². The van der Waals surface area contributed by atoms with Crippen LogP contribution in [0.1, 0.15) is 27.1 Å². The maximum absolute atomic E-state index is 13.8. The Hall–Kier alpha value is -2.43. The Kier molecular flexibility index (Phi) is 7.60. The maximum atomic E-state index is 13.8. The molecular formula is C29H21BrF3IN2S. The molecule has 8 heteroatoms. The third-order valence-corrected chi connectivity index (χ3v) is 10.1. The maximum Gasteiger partial charge on any atom is 0.418 e. The SMILES string of the molecule is Cc1c(I)sc(CNc2cccc(-c3c(Cc4ccccc4)cnc4c(C(F)(F)F)cccc34)c2)c1Br. The Morgan fingerprint density at radius 1 is 1.00 bits per heavy atom. The predicted octanol–water partition coefficient (Wildman–Crippen LogP) is 9.86. The number of nitrogens with zero attached hydrogens (tertiary/aromatic N) is 1. The number of rotatable bonds is 6. The van der Waals surface area contributed by atoms with E-state index in [4.69, 9.17) is 0 Å². The minimum absolute atomic E-state index is 0.0345. The molecule has 0 fully saturated rings. The largest absolute Gasteiger partial charge is 0.418 e. The van der Waals surface area contributed by atoms with E-state index in [9.17, 15) is 13.2 Å². The number of para-hydroxylation sites is 1. The van der Waals surface area contributed by atoms with Crippen LogP contribution in [0.5, 0.6) is 0 Å². The molecule has 2 nitrogen and oxygen atoms in total. The summed E-state index contributed by atoms with van der Waals surface area (Å²) >= 11 is 7.76. The van der Waals surface area contributed by atoms with Crippen molar-refractivity contribution in [2.75, 3.05) is 5.32 Å². The van der Waals surface area contributed by atoms with Crippen LogP contribution in [-0.4, -0.2) is 4.98 Å². The van der Waals surface area contributed by atoms with Gasteiger partial charge in [-0.3, -0.25) is 4.98 Å². The molecule has 0 unspecified atom stereocenters. The molecule has 37 heavy (non-hydrogen) atoms. The second-order valence-electron chi connectivity index (χ2n) is 8.69. The average molecular weight is 693 g/mol. The zero-order valence-corrected chi connectivity index (χ0v) is 24.2. The molecule has 0 saturated heterocycles. The van der Waals surface area contributed by atoms with Crippen molar-refractivity contribution >= 4 is 66.4 Å². The van der Waals surface area contributed by atoms with Crippen LogP contribution in [0.15, 0.2) is 83.5 Å². The normalized spacial score (nSPS) is 11.7. The van der Waals surface area contributed by atoms with Gasteiger partial charge in [0.2, 0.25) is 0 Å². The van der Waals surface area contributed by atoms with E-state index in [1.165, 1.54) is 19.4 Å². The van der Waals surface area contributed by atoms with Gasteiger partial charge >= 0.3 is 6.18 Å². The highest BCUT2D eigenvalue weighted by Crippen LogP contribution is 2.40. The average Bonchev–Trinajstić information content (AvgIpc) is 3.13. The molecule has 1 N–H and O–H groups in total. The van der Waals surface area contributed by atoms with Crippen LogP contribution in [-0.2, 0) is 19.1 Å². The van der Waals surface area contributed by atoms with Gasteiger partial charge in [0.05, 0.1) is 20.5 Å². The van der Waals surface area contributed by atoms with E-state index in [2.05, 4.69) is 55.7 Å². The van der Waals surface area contributed by atoms with E-state index < -0.39 is 11.7 Å². The number of anilines is 1. The van der Waals surface area contributed by atoms with Gasteiger partial charge in [0.15, 0.2) is 0 Å². The van der Waals surface area contributed by atoms with E-state index >= 15 is 0 Å². The van der Waals surface area contributed by atoms with E-state index in [1.54, 1.807) is 23.6 Å². The first-order valence-electron chi connectivity index (χ1n) is 11.5. The molecule has 0 aliphatic carbocycles. The topological polar surface area (TPSA) is 24.9 Å². The Bertz CT molecular complexity index is 1580. The first-order chi connectivity index (χ1) is 17.7. The molecule has 3 aromatic carbocycles. The van der Waals surface area contributed by atoms with Crippen molar-refractivity contribution < 1.29 is 13.2 Å². The third-order valence-electron chi connectivity index (χ3n) is 6.20. The summed E-state index contributed by atoms with van der Waals surface area (Å²) in [6.07, 6.45) is -2.34. The molecule has 0 atom stereocenters.